The Morgan fingerprint density at radius 3 is 2.50 bits per heavy atom. The second-order valence-corrected chi connectivity index (χ2v) is 10.8. The summed E-state index contributed by atoms with van der Waals surface area (Å²) < 4.78 is 34.1. The van der Waals surface area contributed by atoms with Crippen molar-refractivity contribution in [3.63, 3.8) is 0 Å². The molecule has 44 heavy (non-hydrogen) atoms. The van der Waals surface area contributed by atoms with Crippen LogP contribution in [0.2, 0.25) is 0 Å². The Hall–Kier alpha value is -5.05. The molecule has 3 aromatic rings. The molecule has 6 nitrogen and oxygen atoms in total. The minimum atomic E-state index is -1.10. The number of hydrogen-bond donors (Lipinski definition) is 2. The Balaban J connectivity index is 1.86. The average Bonchev–Trinajstić information content (AvgIpc) is 3.03. The highest BCUT2D eigenvalue weighted by Crippen LogP contribution is 2.30. The molecule has 0 spiro atoms. The Morgan fingerprint density at radius 1 is 1.11 bits per heavy atom. The highest BCUT2D eigenvalue weighted by molar-refractivity contribution is 5.96. The number of allylic oxidation sites excluding steroid dienone is 3. The third-order valence-corrected chi connectivity index (χ3v) is 7.82. The zero-order valence-electron chi connectivity index (χ0n) is 24.8. The predicted molar refractivity (Wildman–Crippen MR) is 165 cm³/mol. The van der Waals surface area contributed by atoms with E-state index in [0.29, 0.717) is 47.1 Å². The summed E-state index contributed by atoms with van der Waals surface area (Å²) in [5.74, 6) is 0.644. The number of nitrogens with one attached hydrogen (secondary N) is 2. The molecule has 0 fully saturated rings. The molecule has 1 heterocycles. The third kappa shape index (κ3) is 7.29. The maximum atomic E-state index is 14.6. The van der Waals surface area contributed by atoms with Crippen LogP contribution in [-0.4, -0.2) is 24.5 Å². The largest absolute Gasteiger partial charge is 0.459 e. The summed E-state index contributed by atoms with van der Waals surface area (Å²) in [5, 5.41) is 15.8. The number of fused-ring (bicyclic) bond motifs is 2. The summed E-state index contributed by atoms with van der Waals surface area (Å²) in [6, 6.07) is 16.3. The molecule has 2 N–H and O–H groups in total. The summed E-state index contributed by atoms with van der Waals surface area (Å²) in [7, 11) is 1.67. The number of hydrogen-bond acceptors (Lipinski definition) is 5. The normalized spacial score (nSPS) is 21.8. The van der Waals surface area contributed by atoms with E-state index in [2.05, 4.69) is 16.6 Å². The molecule has 224 valence electrons. The number of terminal acetylenes is 1. The highest BCUT2D eigenvalue weighted by Gasteiger charge is 2.34. The fraction of sp³-hybridized carbons (Fsp3) is 0.250. The van der Waals surface area contributed by atoms with Gasteiger partial charge in [0, 0.05) is 23.1 Å². The molecular weight excluding hydrogens is 560 g/mol. The second kappa shape index (κ2) is 13.9. The van der Waals surface area contributed by atoms with Crippen molar-refractivity contribution in [3.8, 4) is 29.5 Å². The van der Waals surface area contributed by atoms with Gasteiger partial charge in [0.2, 0.25) is 0 Å². The molecule has 3 aromatic carbocycles. The Bertz CT molecular complexity index is 1710. The Morgan fingerprint density at radius 2 is 1.84 bits per heavy atom. The lowest BCUT2D eigenvalue weighted by Gasteiger charge is -2.28. The SMILES string of the molecule is C#C/C1=C\C(=C/C)CC(C)(NC)C(=O)OCc2cc(cc(-c3cccc(F)c3C#N)c2)C(=O)NC(c2ccc(F)cc2)CC1. The van der Waals surface area contributed by atoms with Crippen molar-refractivity contribution >= 4 is 11.9 Å². The van der Waals surface area contributed by atoms with Crippen molar-refractivity contribution in [1.29, 1.82) is 5.26 Å². The number of carbonyl (C=O) groups is 2. The van der Waals surface area contributed by atoms with E-state index in [-0.39, 0.29) is 17.7 Å². The first-order chi connectivity index (χ1) is 21.1. The van der Waals surface area contributed by atoms with Crippen LogP contribution in [0.5, 0.6) is 0 Å². The number of amides is 1. The van der Waals surface area contributed by atoms with E-state index >= 15 is 0 Å². The fourth-order valence-corrected chi connectivity index (χ4v) is 5.12. The molecule has 1 aliphatic heterocycles. The zero-order chi connectivity index (χ0) is 31.9. The molecule has 0 saturated heterocycles. The van der Waals surface area contributed by atoms with E-state index in [0.717, 1.165) is 5.57 Å². The van der Waals surface area contributed by atoms with E-state index in [9.17, 15) is 23.6 Å². The standard InChI is InChI=1S/C36H33F2N3O3/c1-5-23-10-15-33(26-11-13-29(37)14-12-26)41-34(42)28-18-25(17-27(19-28)30-8-7-9-32(38)31(30)21-39)22-44-35(43)36(3,40-4)20-24(6-2)16-23/h1,6-9,11-14,16-19,33,40H,10,15,20,22H2,2-4H3,(H,41,42)/b23-16+,24-6+. The Labute approximate surface area is 256 Å². The van der Waals surface area contributed by atoms with Gasteiger partial charge in [0.15, 0.2) is 0 Å². The van der Waals surface area contributed by atoms with Gasteiger partial charge in [0.25, 0.3) is 5.91 Å². The van der Waals surface area contributed by atoms with Crippen LogP contribution in [-0.2, 0) is 16.1 Å². The van der Waals surface area contributed by atoms with E-state index in [1.807, 2.05) is 25.1 Å². The molecule has 2 bridgehead atoms. The second-order valence-electron chi connectivity index (χ2n) is 10.8. The van der Waals surface area contributed by atoms with Crippen LogP contribution >= 0.6 is 0 Å². The summed E-state index contributed by atoms with van der Waals surface area (Å²) in [5.41, 5.74) is 2.28. The number of esters is 1. The first-order valence-corrected chi connectivity index (χ1v) is 14.2. The molecular formula is C36H33F2N3O3. The van der Waals surface area contributed by atoms with Crippen LogP contribution in [0.25, 0.3) is 11.1 Å². The lowest BCUT2D eigenvalue weighted by Crippen LogP contribution is -2.48. The summed E-state index contributed by atoms with van der Waals surface area (Å²) in [6.07, 6.45) is 10.7. The van der Waals surface area contributed by atoms with Gasteiger partial charge in [0.1, 0.15) is 29.8 Å². The van der Waals surface area contributed by atoms with Crippen LogP contribution in [0.4, 0.5) is 8.78 Å². The lowest BCUT2D eigenvalue weighted by molar-refractivity contribution is -0.152. The molecule has 1 aliphatic rings. The van der Waals surface area contributed by atoms with E-state index in [4.69, 9.17) is 11.2 Å². The summed E-state index contributed by atoms with van der Waals surface area (Å²) in [4.78, 5) is 27.2. The van der Waals surface area contributed by atoms with Gasteiger partial charge < -0.3 is 15.4 Å². The highest BCUT2D eigenvalue weighted by atomic mass is 19.1. The van der Waals surface area contributed by atoms with Crippen LogP contribution in [0.1, 0.15) is 66.2 Å². The van der Waals surface area contributed by atoms with Gasteiger partial charge in [-0.2, -0.15) is 5.26 Å². The van der Waals surface area contributed by atoms with Crippen molar-refractivity contribution in [2.45, 2.75) is 51.3 Å². The van der Waals surface area contributed by atoms with Crippen molar-refractivity contribution in [1.82, 2.24) is 10.6 Å². The van der Waals surface area contributed by atoms with Crippen LogP contribution in [0.15, 0.2) is 84.0 Å². The smallest absolute Gasteiger partial charge is 0.326 e. The Kier molecular flexibility index (Phi) is 10.1. The monoisotopic (exact) mass is 593 g/mol. The van der Waals surface area contributed by atoms with Crippen molar-refractivity contribution in [2.75, 3.05) is 7.05 Å². The topological polar surface area (TPSA) is 91.2 Å². The number of nitrogens with zero attached hydrogens (tertiary/aromatic N) is 1. The zero-order valence-corrected chi connectivity index (χ0v) is 24.8. The number of ether oxygens (including phenoxy) is 1. The number of likely N-dealkylation sites (N-methyl/N-ethyl adjacent to an activating group) is 1. The number of halogens is 2. The summed E-state index contributed by atoms with van der Waals surface area (Å²) in [6.45, 7) is 3.41. The molecule has 2 atom stereocenters. The van der Waals surface area contributed by atoms with Gasteiger partial charge in [-0.15, -0.1) is 6.42 Å². The van der Waals surface area contributed by atoms with Crippen LogP contribution in [0, 0.1) is 35.3 Å². The van der Waals surface area contributed by atoms with E-state index in [1.54, 1.807) is 50.4 Å². The van der Waals surface area contributed by atoms with Gasteiger partial charge in [-0.25, -0.2) is 8.78 Å². The van der Waals surface area contributed by atoms with Crippen LogP contribution < -0.4 is 10.6 Å². The minimum Gasteiger partial charge on any atom is -0.459 e. The predicted octanol–water partition coefficient (Wildman–Crippen LogP) is 6.69. The molecule has 8 heteroatoms. The van der Waals surface area contributed by atoms with E-state index in [1.165, 1.54) is 24.3 Å². The van der Waals surface area contributed by atoms with Crippen molar-refractivity contribution in [2.24, 2.45) is 0 Å². The summed E-state index contributed by atoms with van der Waals surface area (Å²) >= 11 is 0. The molecule has 1 amide bonds. The first kappa shape index (κ1) is 31.9. The average molecular weight is 594 g/mol. The number of carbonyl (C=O) groups excluding carboxylic acids is 2. The first-order valence-electron chi connectivity index (χ1n) is 14.2. The molecule has 0 aliphatic carbocycles. The number of rotatable bonds is 3. The molecule has 2 unspecified atom stereocenters. The molecule has 0 radical (unpaired) electrons. The number of benzene rings is 3. The van der Waals surface area contributed by atoms with Gasteiger partial charge in [-0.3, -0.25) is 9.59 Å². The lowest BCUT2D eigenvalue weighted by atomic mass is 9.90. The minimum absolute atomic E-state index is 0.172. The number of cyclic esters (lactones) is 1. The molecule has 0 aromatic heterocycles. The third-order valence-electron chi connectivity index (χ3n) is 7.82. The van der Waals surface area contributed by atoms with Gasteiger partial charge in [-0.05, 0) is 98.5 Å². The van der Waals surface area contributed by atoms with Gasteiger partial charge >= 0.3 is 5.97 Å². The van der Waals surface area contributed by atoms with E-state index < -0.39 is 35.1 Å². The van der Waals surface area contributed by atoms with Gasteiger partial charge in [-0.1, -0.05) is 36.3 Å². The van der Waals surface area contributed by atoms with Gasteiger partial charge in [0.05, 0.1) is 11.6 Å². The maximum absolute atomic E-state index is 14.6. The maximum Gasteiger partial charge on any atom is 0.326 e. The van der Waals surface area contributed by atoms with Crippen molar-refractivity contribution in [3.05, 3.63) is 118 Å². The number of nitriles is 1. The molecule has 0 saturated carbocycles. The molecule has 4 rings (SSSR count). The quantitative estimate of drug-likeness (QED) is 0.261. The van der Waals surface area contributed by atoms with Crippen LogP contribution in [0.3, 0.4) is 0 Å². The fourth-order valence-electron chi connectivity index (χ4n) is 5.12. The van der Waals surface area contributed by atoms with Crippen molar-refractivity contribution < 1.29 is 23.1 Å².